The summed E-state index contributed by atoms with van der Waals surface area (Å²) in [5.41, 5.74) is 0.473. The highest BCUT2D eigenvalue weighted by Crippen LogP contribution is 2.33. The van der Waals surface area contributed by atoms with Crippen molar-refractivity contribution in [1.29, 1.82) is 0 Å². The van der Waals surface area contributed by atoms with Gasteiger partial charge < -0.3 is 19.1 Å². The van der Waals surface area contributed by atoms with Gasteiger partial charge in [0.1, 0.15) is 12.2 Å². The Bertz CT molecular complexity index is 611. The highest BCUT2D eigenvalue weighted by atomic mass is 16.6. The van der Waals surface area contributed by atoms with E-state index in [0.29, 0.717) is 19.7 Å². The Morgan fingerprint density at radius 3 is 2.41 bits per heavy atom. The quantitative estimate of drug-likeness (QED) is 0.622. The molecule has 2 unspecified atom stereocenters. The zero-order valence-electron chi connectivity index (χ0n) is 18.8. The lowest BCUT2D eigenvalue weighted by atomic mass is 9.88. The van der Waals surface area contributed by atoms with E-state index < -0.39 is 5.60 Å². The smallest absolute Gasteiger partial charge is 0.410 e. The SMILES string of the molecule is CC.CCOC(=O)COC(c1ccccc1)C1CCCN(C(=O)OC(C)(C)C)C1. The molecule has 1 saturated heterocycles. The summed E-state index contributed by atoms with van der Waals surface area (Å²) in [6, 6.07) is 9.82. The summed E-state index contributed by atoms with van der Waals surface area (Å²) in [5.74, 6) is -0.290. The maximum atomic E-state index is 12.5. The van der Waals surface area contributed by atoms with Crippen LogP contribution in [0.25, 0.3) is 0 Å². The van der Waals surface area contributed by atoms with Crippen molar-refractivity contribution < 1.29 is 23.8 Å². The zero-order valence-corrected chi connectivity index (χ0v) is 18.8. The van der Waals surface area contributed by atoms with E-state index in [1.54, 1.807) is 11.8 Å². The van der Waals surface area contributed by atoms with Crippen LogP contribution in [0.1, 0.15) is 66.1 Å². The Morgan fingerprint density at radius 2 is 1.83 bits per heavy atom. The van der Waals surface area contributed by atoms with Crippen LogP contribution in [0.2, 0.25) is 0 Å². The van der Waals surface area contributed by atoms with Crippen LogP contribution in [0.4, 0.5) is 4.79 Å². The van der Waals surface area contributed by atoms with Crippen LogP contribution < -0.4 is 0 Å². The first-order chi connectivity index (χ1) is 13.8. The van der Waals surface area contributed by atoms with Gasteiger partial charge in [-0.15, -0.1) is 0 Å². The van der Waals surface area contributed by atoms with Gasteiger partial charge in [-0.05, 0) is 46.1 Å². The molecule has 0 aliphatic carbocycles. The number of hydrogen-bond acceptors (Lipinski definition) is 5. The average molecular weight is 408 g/mol. The van der Waals surface area contributed by atoms with E-state index in [0.717, 1.165) is 18.4 Å². The van der Waals surface area contributed by atoms with Gasteiger partial charge in [-0.3, -0.25) is 0 Å². The molecule has 1 aromatic carbocycles. The highest BCUT2D eigenvalue weighted by Gasteiger charge is 2.33. The Balaban J connectivity index is 0.00000204. The molecule has 164 valence electrons. The van der Waals surface area contributed by atoms with Crippen molar-refractivity contribution in [2.75, 3.05) is 26.3 Å². The van der Waals surface area contributed by atoms with E-state index in [1.807, 2.05) is 65.0 Å². The molecule has 1 amide bonds. The van der Waals surface area contributed by atoms with Crippen molar-refractivity contribution in [1.82, 2.24) is 4.90 Å². The van der Waals surface area contributed by atoms with Gasteiger partial charge in [-0.1, -0.05) is 44.2 Å². The van der Waals surface area contributed by atoms with E-state index in [2.05, 4.69) is 0 Å². The predicted octanol–water partition coefficient (Wildman–Crippen LogP) is 4.98. The summed E-state index contributed by atoms with van der Waals surface area (Å²) in [4.78, 5) is 26.0. The highest BCUT2D eigenvalue weighted by molar-refractivity contribution is 5.70. The van der Waals surface area contributed by atoms with Gasteiger partial charge in [0.2, 0.25) is 0 Å². The van der Waals surface area contributed by atoms with Crippen molar-refractivity contribution in [3.63, 3.8) is 0 Å². The molecule has 1 aromatic rings. The van der Waals surface area contributed by atoms with E-state index in [9.17, 15) is 9.59 Å². The molecule has 29 heavy (non-hydrogen) atoms. The van der Waals surface area contributed by atoms with E-state index >= 15 is 0 Å². The van der Waals surface area contributed by atoms with Crippen molar-refractivity contribution >= 4 is 12.1 Å². The second-order valence-electron chi connectivity index (χ2n) is 7.78. The van der Waals surface area contributed by atoms with Gasteiger partial charge in [0, 0.05) is 19.0 Å². The molecular formula is C23H37NO5. The van der Waals surface area contributed by atoms with Gasteiger partial charge >= 0.3 is 12.1 Å². The molecule has 1 aliphatic heterocycles. The Labute approximate surface area is 175 Å². The second kappa shape index (κ2) is 12.5. The number of esters is 1. The number of likely N-dealkylation sites (tertiary alicyclic amines) is 1. The predicted molar refractivity (Wildman–Crippen MR) is 114 cm³/mol. The Morgan fingerprint density at radius 1 is 1.17 bits per heavy atom. The van der Waals surface area contributed by atoms with Crippen molar-refractivity contribution in [2.45, 2.75) is 66.1 Å². The maximum Gasteiger partial charge on any atom is 0.410 e. The van der Waals surface area contributed by atoms with Gasteiger partial charge in [0.05, 0.1) is 12.7 Å². The van der Waals surface area contributed by atoms with Crippen LogP contribution in [0, 0.1) is 5.92 Å². The second-order valence-corrected chi connectivity index (χ2v) is 7.78. The summed E-state index contributed by atoms with van der Waals surface area (Å²) in [6.07, 6.45) is 1.21. The van der Waals surface area contributed by atoms with Gasteiger partial charge in [0.15, 0.2) is 0 Å². The van der Waals surface area contributed by atoms with Crippen molar-refractivity contribution in [3.8, 4) is 0 Å². The molecule has 2 rings (SSSR count). The van der Waals surface area contributed by atoms with Crippen LogP contribution in [-0.2, 0) is 19.0 Å². The first kappa shape index (κ1) is 25.0. The third kappa shape index (κ3) is 8.86. The van der Waals surface area contributed by atoms with Crippen molar-refractivity contribution in [3.05, 3.63) is 35.9 Å². The molecular weight excluding hydrogens is 370 g/mol. The number of nitrogens with zero attached hydrogens (tertiary/aromatic N) is 1. The first-order valence-electron chi connectivity index (χ1n) is 10.6. The monoisotopic (exact) mass is 407 g/mol. The van der Waals surface area contributed by atoms with Crippen molar-refractivity contribution in [2.24, 2.45) is 5.92 Å². The summed E-state index contributed by atoms with van der Waals surface area (Å²) < 4.78 is 16.5. The maximum absolute atomic E-state index is 12.5. The number of piperidine rings is 1. The molecule has 0 aromatic heterocycles. The molecule has 0 radical (unpaired) electrons. The lowest BCUT2D eigenvalue weighted by molar-refractivity contribution is -0.152. The minimum absolute atomic E-state index is 0.0862. The van der Waals surface area contributed by atoms with E-state index in [4.69, 9.17) is 14.2 Å². The lowest BCUT2D eigenvalue weighted by Gasteiger charge is -2.37. The fourth-order valence-electron chi connectivity index (χ4n) is 3.26. The van der Waals surface area contributed by atoms with Crippen LogP contribution >= 0.6 is 0 Å². The molecule has 6 heteroatoms. The number of benzene rings is 1. The van der Waals surface area contributed by atoms with Crippen LogP contribution in [0.5, 0.6) is 0 Å². The summed E-state index contributed by atoms with van der Waals surface area (Å²) in [5, 5.41) is 0. The number of carbonyl (C=O) groups excluding carboxylic acids is 2. The Kier molecular flexibility index (Phi) is 10.7. The number of rotatable bonds is 6. The zero-order chi connectivity index (χ0) is 21.9. The van der Waals surface area contributed by atoms with Crippen LogP contribution in [0.3, 0.4) is 0 Å². The topological polar surface area (TPSA) is 65.1 Å². The number of hydrogen-bond donors (Lipinski definition) is 0. The van der Waals surface area contributed by atoms with Gasteiger partial charge in [-0.25, -0.2) is 9.59 Å². The fraction of sp³-hybridized carbons (Fsp3) is 0.652. The largest absolute Gasteiger partial charge is 0.464 e. The molecule has 0 saturated carbocycles. The summed E-state index contributed by atoms with van der Waals surface area (Å²) in [7, 11) is 0. The minimum atomic E-state index is -0.525. The third-order valence-electron chi connectivity index (χ3n) is 4.35. The average Bonchev–Trinajstić information content (AvgIpc) is 2.70. The summed E-state index contributed by atoms with van der Waals surface area (Å²) >= 11 is 0. The minimum Gasteiger partial charge on any atom is -0.464 e. The molecule has 2 atom stereocenters. The normalized spacial score (nSPS) is 17.6. The van der Waals surface area contributed by atoms with Gasteiger partial charge in [-0.2, -0.15) is 0 Å². The number of ether oxygens (including phenoxy) is 3. The lowest BCUT2D eigenvalue weighted by Crippen LogP contribution is -2.44. The van der Waals surface area contributed by atoms with Crippen LogP contribution in [-0.4, -0.2) is 48.9 Å². The molecule has 6 nitrogen and oxygen atoms in total. The third-order valence-corrected chi connectivity index (χ3v) is 4.35. The molecule has 0 N–H and O–H groups in total. The van der Waals surface area contributed by atoms with E-state index in [1.165, 1.54) is 0 Å². The van der Waals surface area contributed by atoms with Gasteiger partial charge in [0.25, 0.3) is 0 Å². The molecule has 1 fully saturated rings. The first-order valence-corrected chi connectivity index (χ1v) is 10.6. The molecule has 0 bridgehead atoms. The standard InChI is InChI=1S/C21H31NO5.C2H6/c1-5-25-18(23)15-26-19(16-10-7-6-8-11-16)17-12-9-13-22(14-17)20(24)27-21(2,3)4;1-2/h6-8,10-11,17,19H,5,9,12-15H2,1-4H3;1-2H3. The van der Waals surface area contributed by atoms with Crippen LogP contribution in [0.15, 0.2) is 30.3 Å². The van der Waals surface area contributed by atoms with E-state index in [-0.39, 0.29) is 30.7 Å². The summed E-state index contributed by atoms with van der Waals surface area (Å²) in [6.45, 7) is 12.8. The molecule has 1 aliphatic rings. The number of amides is 1. The Hall–Kier alpha value is -2.08. The molecule has 0 spiro atoms. The number of carbonyl (C=O) groups is 2. The molecule has 1 heterocycles. The fourth-order valence-corrected chi connectivity index (χ4v) is 3.26.